The normalized spacial score (nSPS) is 13.8. The van der Waals surface area contributed by atoms with Crippen molar-refractivity contribution in [1.82, 2.24) is 15.0 Å². The van der Waals surface area contributed by atoms with Gasteiger partial charge in [0.05, 0.1) is 12.7 Å². The predicted octanol–water partition coefficient (Wildman–Crippen LogP) is 0.410. The second kappa shape index (κ2) is 7.14. The van der Waals surface area contributed by atoms with Gasteiger partial charge in [-0.3, -0.25) is 0 Å². The number of alkyl halides is 1. The lowest BCUT2D eigenvalue weighted by molar-refractivity contribution is 0.0690. The summed E-state index contributed by atoms with van der Waals surface area (Å²) in [4.78, 5) is 10.6. The molecule has 0 aromatic carbocycles. The fourth-order valence-corrected chi connectivity index (χ4v) is 1.37. The zero-order chi connectivity index (χ0) is 14.3. The van der Waals surface area contributed by atoms with E-state index in [9.17, 15) is 9.18 Å². The second-order valence-corrected chi connectivity index (χ2v) is 3.89. The molecule has 19 heavy (non-hydrogen) atoms. The van der Waals surface area contributed by atoms with Crippen LogP contribution in [-0.2, 0) is 6.54 Å². The van der Waals surface area contributed by atoms with Crippen LogP contribution >= 0.6 is 0 Å². The van der Waals surface area contributed by atoms with Crippen LogP contribution in [-0.4, -0.2) is 32.2 Å². The minimum Gasteiger partial charge on any atom is -0.476 e. The van der Waals surface area contributed by atoms with E-state index in [1.54, 1.807) is 12.2 Å². The minimum atomic E-state index is -1.19. The van der Waals surface area contributed by atoms with Crippen LogP contribution in [0.2, 0.25) is 0 Å². The Morgan fingerprint density at radius 1 is 1.63 bits per heavy atom. The molecule has 0 saturated heterocycles. The number of aromatic carboxylic acids is 1. The molecule has 1 rings (SSSR count). The number of carboxylic acid groups (broad SMARTS) is 1. The molecule has 1 atom stereocenters. The summed E-state index contributed by atoms with van der Waals surface area (Å²) in [5, 5.41) is 15.6. The van der Waals surface area contributed by atoms with Crippen molar-refractivity contribution in [3.05, 3.63) is 35.9 Å². The Morgan fingerprint density at radius 2 is 2.37 bits per heavy atom. The van der Waals surface area contributed by atoms with E-state index >= 15 is 0 Å². The molecule has 0 aliphatic rings. The van der Waals surface area contributed by atoms with Gasteiger partial charge in [0, 0.05) is 5.70 Å². The Kier molecular flexibility index (Phi) is 5.52. The number of carbonyl (C=O) groups is 1. The summed E-state index contributed by atoms with van der Waals surface area (Å²) < 4.78 is 14.8. The molecule has 0 aliphatic heterocycles. The highest BCUT2D eigenvalue weighted by Crippen LogP contribution is 2.08. The maximum absolute atomic E-state index is 13.6. The lowest BCUT2D eigenvalue weighted by Crippen LogP contribution is -2.13. The number of carboxylic acids is 1. The maximum Gasteiger partial charge on any atom is 0.358 e. The topological polar surface area (TPSA) is 120 Å². The first-order chi connectivity index (χ1) is 9.02. The van der Waals surface area contributed by atoms with Gasteiger partial charge in [0.15, 0.2) is 5.69 Å². The Hall–Kier alpha value is -2.38. The number of nitrogens with two attached hydrogens (primary N) is 2. The largest absolute Gasteiger partial charge is 0.476 e. The van der Waals surface area contributed by atoms with E-state index in [1.165, 1.54) is 12.4 Å². The van der Waals surface area contributed by atoms with Crippen LogP contribution in [0.25, 0.3) is 0 Å². The van der Waals surface area contributed by atoms with Gasteiger partial charge in [-0.05, 0) is 31.2 Å². The zero-order valence-corrected chi connectivity index (χ0v) is 10.2. The molecule has 0 aliphatic carbocycles. The van der Waals surface area contributed by atoms with Gasteiger partial charge >= 0.3 is 5.97 Å². The molecular weight excluding hydrogens is 253 g/mol. The SMILES string of the molecule is N/C=C\C=C(/N)CCC(F)Cn1cc(C(=O)O)nn1. The van der Waals surface area contributed by atoms with E-state index in [2.05, 4.69) is 10.3 Å². The van der Waals surface area contributed by atoms with Crippen molar-refractivity contribution in [1.29, 1.82) is 0 Å². The second-order valence-electron chi connectivity index (χ2n) is 3.89. The van der Waals surface area contributed by atoms with Crippen molar-refractivity contribution in [2.24, 2.45) is 11.5 Å². The predicted molar refractivity (Wildman–Crippen MR) is 66.7 cm³/mol. The monoisotopic (exact) mass is 269 g/mol. The molecule has 5 N–H and O–H groups in total. The number of aromatic nitrogens is 3. The number of nitrogens with zero attached hydrogens (tertiary/aromatic N) is 3. The Bertz CT molecular complexity index is 483. The van der Waals surface area contributed by atoms with E-state index < -0.39 is 12.1 Å². The molecule has 0 saturated carbocycles. The van der Waals surface area contributed by atoms with Crippen LogP contribution in [0.15, 0.2) is 30.2 Å². The third-order valence-corrected chi connectivity index (χ3v) is 2.31. The number of allylic oxidation sites excluding steroid dienone is 3. The van der Waals surface area contributed by atoms with E-state index in [4.69, 9.17) is 16.6 Å². The van der Waals surface area contributed by atoms with Gasteiger partial charge in [0.1, 0.15) is 6.17 Å². The van der Waals surface area contributed by atoms with Gasteiger partial charge in [0.2, 0.25) is 0 Å². The highest BCUT2D eigenvalue weighted by molar-refractivity contribution is 5.84. The molecule has 0 spiro atoms. The van der Waals surface area contributed by atoms with E-state index in [0.717, 1.165) is 4.68 Å². The van der Waals surface area contributed by atoms with Crippen molar-refractivity contribution >= 4 is 5.97 Å². The van der Waals surface area contributed by atoms with Crippen LogP contribution in [0, 0.1) is 0 Å². The molecule has 1 heterocycles. The number of rotatable bonds is 7. The van der Waals surface area contributed by atoms with E-state index in [0.29, 0.717) is 12.1 Å². The fraction of sp³-hybridized carbons (Fsp3) is 0.364. The zero-order valence-electron chi connectivity index (χ0n) is 10.2. The molecule has 7 nitrogen and oxygen atoms in total. The summed E-state index contributed by atoms with van der Waals surface area (Å²) in [7, 11) is 0. The fourth-order valence-electron chi connectivity index (χ4n) is 1.37. The van der Waals surface area contributed by atoms with Crippen molar-refractivity contribution in [2.45, 2.75) is 25.6 Å². The lowest BCUT2D eigenvalue weighted by Gasteiger charge is -2.07. The molecule has 1 aromatic rings. The Balaban J connectivity index is 2.42. The smallest absolute Gasteiger partial charge is 0.358 e. The van der Waals surface area contributed by atoms with Crippen LogP contribution < -0.4 is 11.5 Å². The standard InChI is InChI=1S/C11H16FN5O2/c12-8(3-4-9(14)2-1-5-13)6-17-7-10(11(18)19)15-16-17/h1-2,5,7-8H,3-4,6,13-14H2,(H,18,19)/b5-1-,9-2-. The lowest BCUT2D eigenvalue weighted by atomic mass is 10.1. The van der Waals surface area contributed by atoms with E-state index in [1.807, 2.05) is 0 Å². The third-order valence-electron chi connectivity index (χ3n) is 2.31. The molecule has 1 unspecified atom stereocenters. The summed E-state index contributed by atoms with van der Waals surface area (Å²) in [5.74, 6) is -1.19. The van der Waals surface area contributed by atoms with E-state index in [-0.39, 0.29) is 18.7 Å². The van der Waals surface area contributed by atoms with Crippen molar-refractivity contribution in [3.8, 4) is 0 Å². The van der Waals surface area contributed by atoms with Gasteiger partial charge in [0.25, 0.3) is 0 Å². The molecule has 104 valence electrons. The van der Waals surface area contributed by atoms with Crippen molar-refractivity contribution < 1.29 is 14.3 Å². The van der Waals surface area contributed by atoms with Gasteiger partial charge < -0.3 is 16.6 Å². The molecule has 0 amide bonds. The number of hydrogen-bond donors (Lipinski definition) is 3. The van der Waals surface area contributed by atoms with Gasteiger partial charge in [-0.15, -0.1) is 5.10 Å². The molecule has 0 fully saturated rings. The van der Waals surface area contributed by atoms with Gasteiger partial charge in [-0.25, -0.2) is 13.9 Å². The number of halogens is 1. The highest BCUT2D eigenvalue weighted by Gasteiger charge is 2.12. The average Bonchev–Trinajstić information content (AvgIpc) is 2.82. The Labute approximate surface area is 109 Å². The maximum atomic E-state index is 13.6. The first-order valence-corrected chi connectivity index (χ1v) is 5.63. The van der Waals surface area contributed by atoms with Gasteiger partial charge in [-0.1, -0.05) is 5.21 Å². The summed E-state index contributed by atoms with van der Waals surface area (Å²) >= 11 is 0. The molecule has 0 bridgehead atoms. The quantitative estimate of drug-likeness (QED) is 0.616. The molecule has 1 aromatic heterocycles. The van der Waals surface area contributed by atoms with Crippen LogP contribution in [0.1, 0.15) is 23.3 Å². The summed E-state index contributed by atoms with van der Waals surface area (Å²) in [6.45, 7) is -0.0553. The Morgan fingerprint density at radius 3 is 2.95 bits per heavy atom. The van der Waals surface area contributed by atoms with Crippen LogP contribution in [0.5, 0.6) is 0 Å². The summed E-state index contributed by atoms with van der Waals surface area (Å²) in [6, 6.07) is 0. The van der Waals surface area contributed by atoms with Crippen LogP contribution in [0.3, 0.4) is 0 Å². The third kappa shape index (κ3) is 5.19. The van der Waals surface area contributed by atoms with Gasteiger partial charge in [-0.2, -0.15) is 0 Å². The molecule has 8 heteroatoms. The molecule has 0 radical (unpaired) electrons. The van der Waals surface area contributed by atoms with Crippen molar-refractivity contribution in [3.63, 3.8) is 0 Å². The minimum absolute atomic E-state index is 0.0553. The van der Waals surface area contributed by atoms with Crippen molar-refractivity contribution in [2.75, 3.05) is 0 Å². The molecular formula is C11H16FN5O2. The average molecular weight is 269 g/mol. The number of hydrogen-bond acceptors (Lipinski definition) is 5. The first-order valence-electron chi connectivity index (χ1n) is 5.63. The summed E-state index contributed by atoms with van der Waals surface area (Å²) in [5.41, 5.74) is 11.1. The first kappa shape index (κ1) is 14.7. The van der Waals surface area contributed by atoms with Crippen LogP contribution in [0.4, 0.5) is 4.39 Å². The highest BCUT2D eigenvalue weighted by atomic mass is 19.1. The summed E-state index contributed by atoms with van der Waals surface area (Å²) in [6.07, 6.45) is 5.10.